The number of hydrogen-bond donors (Lipinski definition) is 1. The highest BCUT2D eigenvalue weighted by Crippen LogP contribution is 2.30. The highest BCUT2D eigenvalue weighted by Gasteiger charge is 2.20. The summed E-state index contributed by atoms with van der Waals surface area (Å²) >= 11 is 1.13. The van der Waals surface area contributed by atoms with Crippen LogP contribution >= 0.6 is 11.5 Å². The van der Waals surface area contributed by atoms with E-state index in [0.29, 0.717) is 21.9 Å². The van der Waals surface area contributed by atoms with Gasteiger partial charge in [-0.2, -0.15) is 4.37 Å². The van der Waals surface area contributed by atoms with Gasteiger partial charge in [0, 0.05) is 11.8 Å². The third-order valence-electron chi connectivity index (χ3n) is 2.75. The number of nitrogens with one attached hydrogen (secondary N) is 1. The number of rotatable bonds is 5. The van der Waals surface area contributed by atoms with Gasteiger partial charge in [0.05, 0.1) is 19.4 Å². The number of benzene rings is 1. The molecular weight excluding hydrogens is 295 g/mol. The van der Waals surface area contributed by atoms with Crippen molar-refractivity contribution in [2.45, 2.75) is 13.8 Å². The lowest BCUT2D eigenvalue weighted by atomic mass is 10.2. The Morgan fingerprint density at radius 1 is 1.48 bits per heavy atom. The summed E-state index contributed by atoms with van der Waals surface area (Å²) in [6.45, 7) is 3.74. The van der Waals surface area contributed by atoms with Crippen molar-refractivity contribution in [1.82, 2.24) is 4.37 Å². The predicted octanol–water partition coefficient (Wildman–Crippen LogP) is 3.52. The fourth-order valence-electron chi connectivity index (χ4n) is 1.77. The van der Waals surface area contributed by atoms with Crippen LogP contribution in [0, 0.1) is 12.7 Å². The average Bonchev–Trinajstić information content (AvgIpc) is 2.80. The monoisotopic (exact) mass is 310 g/mol. The second-order valence-corrected chi connectivity index (χ2v) is 4.94. The molecule has 0 aliphatic carbocycles. The van der Waals surface area contributed by atoms with Gasteiger partial charge in [0.15, 0.2) is 11.6 Å². The average molecular weight is 310 g/mol. The van der Waals surface area contributed by atoms with E-state index in [4.69, 9.17) is 9.47 Å². The minimum absolute atomic E-state index is 0.159. The summed E-state index contributed by atoms with van der Waals surface area (Å²) < 4.78 is 27.7. The Kier molecular flexibility index (Phi) is 4.74. The quantitative estimate of drug-likeness (QED) is 0.856. The SMILES string of the molecule is CCOC(=O)c1c(C)nsc1Nc1ccc(OC)c(F)c1. The van der Waals surface area contributed by atoms with Gasteiger partial charge in [-0.1, -0.05) is 0 Å². The summed E-state index contributed by atoms with van der Waals surface area (Å²) in [5, 5.41) is 3.51. The van der Waals surface area contributed by atoms with Crippen LogP contribution in [0.4, 0.5) is 15.1 Å². The normalized spacial score (nSPS) is 10.3. The van der Waals surface area contributed by atoms with E-state index in [9.17, 15) is 9.18 Å². The van der Waals surface area contributed by atoms with Crippen molar-refractivity contribution in [2.75, 3.05) is 19.0 Å². The molecule has 21 heavy (non-hydrogen) atoms. The number of carbonyl (C=O) groups is 1. The topological polar surface area (TPSA) is 60.5 Å². The van der Waals surface area contributed by atoms with Gasteiger partial charge in [0.2, 0.25) is 0 Å². The van der Waals surface area contributed by atoms with Crippen LogP contribution in [0.15, 0.2) is 18.2 Å². The fraction of sp³-hybridized carbons (Fsp3) is 0.286. The molecule has 0 saturated carbocycles. The highest BCUT2D eigenvalue weighted by molar-refractivity contribution is 7.10. The van der Waals surface area contributed by atoms with Crippen LogP contribution in [-0.2, 0) is 4.74 Å². The zero-order valence-corrected chi connectivity index (χ0v) is 12.7. The molecule has 0 aliphatic heterocycles. The van der Waals surface area contributed by atoms with E-state index < -0.39 is 11.8 Å². The van der Waals surface area contributed by atoms with Crippen LogP contribution in [0.2, 0.25) is 0 Å². The van der Waals surface area contributed by atoms with E-state index in [0.717, 1.165) is 11.5 Å². The molecule has 0 fully saturated rings. The lowest BCUT2D eigenvalue weighted by molar-refractivity contribution is 0.0527. The Bertz CT molecular complexity index is 658. The number of aryl methyl sites for hydroxylation is 1. The third-order valence-corrected chi connectivity index (χ3v) is 3.61. The van der Waals surface area contributed by atoms with E-state index >= 15 is 0 Å². The molecule has 2 aromatic rings. The number of carbonyl (C=O) groups excluding carboxylic acids is 1. The summed E-state index contributed by atoms with van der Waals surface area (Å²) in [5.41, 5.74) is 1.45. The maximum absolute atomic E-state index is 13.7. The fourth-order valence-corrected chi connectivity index (χ4v) is 2.58. The van der Waals surface area contributed by atoms with Crippen molar-refractivity contribution in [3.05, 3.63) is 35.3 Å². The molecule has 0 aliphatic rings. The number of anilines is 2. The Balaban J connectivity index is 2.28. The number of nitrogens with zero attached hydrogens (tertiary/aromatic N) is 1. The van der Waals surface area contributed by atoms with E-state index in [-0.39, 0.29) is 12.4 Å². The largest absolute Gasteiger partial charge is 0.494 e. The lowest BCUT2D eigenvalue weighted by Gasteiger charge is -2.08. The smallest absolute Gasteiger partial charge is 0.343 e. The predicted molar refractivity (Wildman–Crippen MR) is 79.0 cm³/mol. The summed E-state index contributed by atoms with van der Waals surface area (Å²) in [6, 6.07) is 4.46. The van der Waals surface area contributed by atoms with E-state index in [1.54, 1.807) is 19.9 Å². The van der Waals surface area contributed by atoms with Gasteiger partial charge in [0.25, 0.3) is 0 Å². The molecule has 0 amide bonds. The molecule has 1 aromatic heterocycles. The van der Waals surface area contributed by atoms with Crippen LogP contribution in [0.25, 0.3) is 0 Å². The van der Waals surface area contributed by atoms with E-state index in [1.165, 1.54) is 19.2 Å². The summed E-state index contributed by atoms with van der Waals surface area (Å²) in [6.07, 6.45) is 0. The maximum atomic E-state index is 13.7. The zero-order valence-electron chi connectivity index (χ0n) is 11.9. The standard InChI is InChI=1S/C14H15FN2O3S/c1-4-20-14(18)12-8(2)17-21-13(12)16-9-5-6-11(19-3)10(15)7-9/h5-7,16H,4H2,1-3H3. The summed E-state index contributed by atoms with van der Waals surface area (Å²) in [7, 11) is 1.40. The molecule has 1 heterocycles. The van der Waals surface area contributed by atoms with Crippen molar-refractivity contribution < 1.29 is 18.7 Å². The molecule has 1 N–H and O–H groups in total. The van der Waals surface area contributed by atoms with Crippen molar-refractivity contribution in [3.63, 3.8) is 0 Å². The number of aromatic nitrogens is 1. The van der Waals surface area contributed by atoms with Crippen LogP contribution in [0.1, 0.15) is 23.0 Å². The van der Waals surface area contributed by atoms with Gasteiger partial charge in [-0.05, 0) is 37.5 Å². The van der Waals surface area contributed by atoms with Gasteiger partial charge in [-0.25, -0.2) is 9.18 Å². The summed E-state index contributed by atoms with van der Waals surface area (Å²) in [4.78, 5) is 11.9. The molecule has 7 heteroatoms. The molecule has 0 unspecified atom stereocenters. The molecule has 2 rings (SSSR count). The molecule has 0 saturated heterocycles. The van der Waals surface area contributed by atoms with Crippen molar-refractivity contribution >= 4 is 28.2 Å². The van der Waals surface area contributed by atoms with Crippen molar-refractivity contribution in [3.8, 4) is 5.75 Å². The second kappa shape index (κ2) is 6.53. The van der Waals surface area contributed by atoms with Crippen molar-refractivity contribution in [1.29, 1.82) is 0 Å². The van der Waals surface area contributed by atoms with Crippen LogP contribution in [0.5, 0.6) is 5.75 Å². The van der Waals surface area contributed by atoms with E-state index in [1.807, 2.05) is 0 Å². The Morgan fingerprint density at radius 2 is 2.24 bits per heavy atom. The van der Waals surface area contributed by atoms with Crippen LogP contribution < -0.4 is 10.1 Å². The maximum Gasteiger partial charge on any atom is 0.343 e. The summed E-state index contributed by atoms with van der Waals surface area (Å²) in [5.74, 6) is -0.770. The number of hydrogen-bond acceptors (Lipinski definition) is 6. The Hall–Kier alpha value is -2.15. The first-order valence-electron chi connectivity index (χ1n) is 6.30. The van der Waals surface area contributed by atoms with E-state index in [2.05, 4.69) is 9.69 Å². The molecule has 0 spiro atoms. The first-order valence-corrected chi connectivity index (χ1v) is 7.08. The van der Waals surface area contributed by atoms with Gasteiger partial charge >= 0.3 is 5.97 Å². The lowest BCUT2D eigenvalue weighted by Crippen LogP contribution is -2.07. The molecule has 0 bridgehead atoms. The molecular formula is C14H15FN2O3S. The van der Waals surface area contributed by atoms with Gasteiger partial charge in [0.1, 0.15) is 10.6 Å². The zero-order chi connectivity index (χ0) is 15.4. The number of methoxy groups -OCH3 is 1. The molecule has 112 valence electrons. The molecule has 1 aromatic carbocycles. The van der Waals surface area contributed by atoms with Gasteiger partial charge in [-0.15, -0.1) is 0 Å². The number of esters is 1. The third kappa shape index (κ3) is 3.30. The van der Waals surface area contributed by atoms with Crippen LogP contribution in [-0.4, -0.2) is 24.1 Å². The number of halogens is 1. The van der Waals surface area contributed by atoms with Gasteiger partial charge < -0.3 is 14.8 Å². The molecule has 0 atom stereocenters. The molecule has 5 nitrogen and oxygen atoms in total. The Morgan fingerprint density at radius 3 is 2.86 bits per heavy atom. The van der Waals surface area contributed by atoms with Gasteiger partial charge in [-0.3, -0.25) is 0 Å². The van der Waals surface area contributed by atoms with Crippen LogP contribution in [0.3, 0.4) is 0 Å². The minimum Gasteiger partial charge on any atom is -0.494 e. The second-order valence-electron chi connectivity index (χ2n) is 4.17. The van der Waals surface area contributed by atoms with Crippen molar-refractivity contribution in [2.24, 2.45) is 0 Å². The molecule has 0 radical (unpaired) electrons. The minimum atomic E-state index is -0.485. The number of ether oxygens (including phenoxy) is 2. The first-order chi connectivity index (χ1) is 10.1. The first kappa shape index (κ1) is 15.2. The Labute approximate surface area is 125 Å². The highest BCUT2D eigenvalue weighted by atomic mass is 32.1.